The molecule has 0 saturated heterocycles. The van der Waals surface area contributed by atoms with Gasteiger partial charge in [0.05, 0.1) is 10.6 Å². The predicted octanol–water partition coefficient (Wildman–Crippen LogP) is 4.77. The van der Waals surface area contributed by atoms with Crippen LogP contribution in [0.1, 0.15) is 44.9 Å². The topological polar surface area (TPSA) is 102 Å². The Morgan fingerprint density at radius 3 is 2.06 bits per heavy atom. The van der Waals surface area contributed by atoms with Gasteiger partial charge in [-0.1, -0.05) is 55.8 Å². The van der Waals surface area contributed by atoms with Crippen LogP contribution in [0.4, 0.5) is 5.69 Å². The van der Waals surface area contributed by atoms with Crippen LogP contribution in [-0.2, 0) is 9.53 Å². The summed E-state index contributed by atoms with van der Waals surface area (Å²) in [6.07, 6.45) is 0. The van der Waals surface area contributed by atoms with E-state index in [9.17, 15) is 19.2 Å². The number of ketones is 1. The number of Topliss-reactive ketones (excluding diaryl/α,β-unsaturated/α-hetero) is 1. The fraction of sp³-hybridized carbons (Fsp3) is 0.185. The first kappa shape index (κ1) is 25.6. The normalized spacial score (nSPS) is 11.4. The number of amides is 2. The summed E-state index contributed by atoms with van der Waals surface area (Å²) in [4.78, 5) is 49.9. The Balaban J connectivity index is 1.56. The van der Waals surface area contributed by atoms with Gasteiger partial charge in [0.25, 0.3) is 11.8 Å². The lowest BCUT2D eigenvalue weighted by Gasteiger charge is -2.21. The Morgan fingerprint density at radius 2 is 1.43 bits per heavy atom. The number of anilines is 1. The minimum atomic E-state index is -0.956. The maximum absolute atomic E-state index is 12.6. The largest absolute Gasteiger partial charge is 0.456 e. The predicted molar refractivity (Wildman–Crippen MR) is 134 cm³/mol. The Labute approximate surface area is 208 Å². The third-order valence-electron chi connectivity index (χ3n) is 5.17. The van der Waals surface area contributed by atoms with Crippen LogP contribution in [0.2, 0.25) is 5.02 Å². The molecule has 8 heteroatoms. The molecule has 0 aromatic heterocycles. The summed E-state index contributed by atoms with van der Waals surface area (Å²) in [5, 5.41) is 5.64. The summed E-state index contributed by atoms with van der Waals surface area (Å²) in [5.41, 5.74) is 1.59. The molecule has 3 rings (SSSR count). The third-order valence-corrected chi connectivity index (χ3v) is 5.50. The number of carbonyl (C=O) groups is 4. The van der Waals surface area contributed by atoms with Gasteiger partial charge in [0.2, 0.25) is 0 Å². The Bertz CT molecular complexity index is 1210. The molecule has 180 valence electrons. The van der Waals surface area contributed by atoms with E-state index in [0.29, 0.717) is 16.8 Å². The molecule has 0 aliphatic heterocycles. The lowest BCUT2D eigenvalue weighted by molar-refractivity contribution is -0.145. The third kappa shape index (κ3) is 7.01. The number of halogens is 1. The van der Waals surface area contributed by atoms with E-state index in [4.69, 9.17) is 16.3 Å². The van der Waals surface area contributed by atoms with Gasteiger partial charge in [0.15, 0.2) is 12.4 Å². The Morgan fingerprint density at radius 1 is 0.800 bits per heavy atom. The highest BCUT2D eigenvalue weighted by Crippen LogP contribution is 2.16. The summed E-state index contributed by atoms with van der Waals surface area (Å²) < 4.78 is 5.20. The first-order valence-corrected chi connectivity index (χ1v) is 11.4. The molecule has 3 aromatic carbocycles. The Hall–Kier alpha value is -3.97. The van der Waals surface area contributed by atoms with Gasteiger partial charge >= 0.3 is 5.97 Å². The monoisotopic (exact) mass is 492 g/mol. The molecular formula is C27H25ClN2O5. The van der Waals surface area contributed by atoms with Crippen molar-refractivity contribution in [3.63, 3.8) is 0 Å². The smallest absolute Gasteiger partial charge is 0.329 e. The highest BCUT2D eigenvalue weighted by atomic mass is 35.5. The van der Waals surface area contributed by atoms with Crippen molar-refractivity contribution < 1.29 is 23.9 Å². The van der Waals surface area contributed by atoms with Crippen LogP contribution in [0.15, 0.2) is 78.9 Å². The van der Waals surface area contributed by atoms with Gasteiger partial charge in [-0.05, 0) is 54.4 Å². The molecule has 7 nitrogen and oxygen atoms in total. The zero-order chi connectivity index (χ0) is 25.4. The molecule has 35 heavy (non-hydrogen) atoms. The maximum Gasteiger partial charge on any atom is 0.329 e. The van der Waals surface area contributed by atoms with Gasteiger partial charge in [-0.2, -0.15) is 0 Å². The first-order chi connectivity index (χ1) is 16.8. The maximum atomic E-state index is 12.6. The van der Waals surface area contributed by atoms with Crippen LogP contribution in [0, 0.1) is 5.92 Å². The summed E-state index contributed by atoms with van der Waals surface area (Å²) in [5.74, 6) is -2.20. The zero-order valence-corrected chi connectivity index (χ0v) is 20.0. The number of nitrogens with one attached hydrogen (secondary N) is 2. The van der Waals surface area contributed by atoms with Crippen molar-refractivity contribution in [1.82, 2.24) is 5.32 Å². The van der Waals surface area contributed by atoms with Gasteiger partial charge in [0, 0.05) is 16.8 Å². The van der Waals surface area contributed by atoms with Gasteiger partial charge in [-0.3, -0.25) is 14.4 Å². The number of ether oxygens (including phenoxy) is 1. The quantitative estimate of drug-likeness (QED) is 0.331. The Kier molecular flexibility index (Phi) is 8.75. The van der Waals surface area contributed by atoms with Crippen LogP contribution in [0.25, 0.3) is 0 Å². The van der Waals surface area contributed by atoms with E-state index in [-0.39, 0.29) is 22.4 Å². The van der Waals surface area contributed by atoms with E-state index in [0.717, 1.165) is 0 Å². The first-order valence-electron chi connectivity index (χ1n) is 11.0. The van der Waals surface area contributed by atoms with E-state index in [2.05, 4.69) is 10.6 Å². The molecule has 0 aliphatic rings. The fourth-order valence-corrected chi connectivity index (χ4v) is 3.43. The van der Waals surface area contributed by atoms with Crippen molar-refractivity contribution in [2.24, 2.45) is 5.92 Å². The van der Waals surface area contributed by atoms with Crippen molar-refractivity contribution in [2.75, 3.05) is 11.9 Å². The molecule has 2 N–H and O–H groups in total. The lowest BCUT2D eigenvalue weighted by atomic mass is 10.0. The molecule has 0 bridgehead atoms. The number of benzene rings is 3. The fourth-order valence-electron chi connectivity index (χ4n) is 3.20. The van der Waals surface area contributed by atoms with Crippen LogP contribution >= 0.6 is 11.6 Å². The minimum Gasteiger partial charge on any atom is -0.456 e. The summed E-state index contributed by atoms with van der Waals surface area (Å²) >= 11 is 6.06. The highest BCUT2D eigenvalue weighted by Gasteiger charge is 2.27. The van der Waals surface area contributed by atoms with Crippen molar-refractivity contribution in [3.05, 3.63) is 101 Å². The molecule has 0 fully saturated rings. The molecule has 0 spiro atoms. The van der Waals surface area contributed by atoms with Crippen molar-refractivity contribution in [2.45, 2.75) is 19.9 Å². The van der Waals surface area contributed by atoms with Gasteiger partial charge in [-0.15, -0.1) is 0 Å². The number of rotatable bonds is 9. The van der Waals surface area contributed by atoms with E-state index in [1.807, 2.05) is 6.07 Å². The summed E-state index contributed by atoms with van der Waals surface area (Å²) in [6.45, 7) is 3.02. The highest BCUT2D eigenvalue weighted by molar-refractivity contribution is 6.33. The van der Waals surface area contributed by atoms with E-state index in [1.54, 1.807) is 74.5 Å². The van der Waals surface area contributed by atoms with Crippen LogP contribution in [-0.4, -0.2) is 36.2 Å². The SMILES string of the molecule is CC(C)[C@H](NC(=O)c1ccccc1Cl)C(=O)OCC(=O)c1ccc(NC(=O)c2ccccc2)cc1. The van der Waals surface area contributed by atoms with Crippen molar-refractivity contribution >= 4 is 40.9 Å². The molecule has 0 saturated carbocycles. The summed E-state index contributed by atoms with van der Waals surface area (Å²) in [6, 6.07) is 20.6. The molecule has 0 radical (unpaired) electrons. The number of hydrogen-bond donors (Lipinski definition) is 2. The lowest BCUT2D eigenvalue weighted by Crippen LogP contribution is -2.45. The van der Waals surface area contributed by atoms with Gasteiger partial charge < -0.3 is 15.4 Å². The van der Waals surface area contributed by atoms with Gasteiger partial charge in [-0.25, -0.2) is 4.79 Å². The molecule has 3 aromatic rings. The van der Waals surface area contributed by atoms with Crippen LogP contribution in [0.5, 0.6) is 0 Å². The number of esters is 1. The molecule has 2 amide bonds. The second-order valence-electron chi connectivity index (χ2n) is 8.10. The number of hydrogen-bond acceptors (Lipinski definition) is 5. The zero-order valence-electron chi connectivity index (χ0n) is 19.3. The van der Waals surface area contributed by atoms with E-state index < -0.39 is 30.3 Å². The molecular weight excluding hydrogens is 468 g/mol. The molecule has 0 unspecified atom stereocenters. The second-order valence-corrected chi connectivity index (χ2v) is 8.51. The summed E-state index contributed by atoms with van der Waals surface area (Å²) in [7, 11) is 0. The van der Waals surface area contributed by atoms with Gasteiger partial charge in [0.1, 0.15) is 6.04 Å². The van der Waals surface area contributed by atoms with Crippen LogP contribution in [0.3, 0.4) is 0 Å². The molecule has 0 aliphatic carbocycles. The number of carbonyl (C=O) groups excluding carboxylic acids is 4. The van der Waals surface area contributed by atoms with E-state index in [1.165, 1.54) is 12.1 Å². The molecule has 0 heterocycles. The van der Waals surface area contributed by atoms with Crippen molar-refractivity contribution in [1.29, 1.82) is 0 Å². The van der Waals surface area contributed by atoms with E-state index >= 15 is 0 Å². The minimum absolute atomic E-state index is 0.239. The average molecular weight is 493 g/mol. The standard InChI is InChI=1S/C27H25ClN2O5/c1-17(2)24(30-26(33)21-10-6-7-11-22(21)28)27(34)35-16-23(31)18-12-14-20(15-13-18)29-25(32)19-8-4-3-5-9-19/h3-15,17,24H,16H2,1-2H3,(H,29,32)(H,30,33)/t24-/m0/s1. The average Bonchev–Trinajstić information content (AvgIpc) is 2.86. The molecule has 1 atom stereocenters. The van der Waals surface area contributed by atoms with Crippen LogP contribution < -0.4 is 10.6 Å². The second kappa shape index (κ2) is 11.9. The van der Waals surface area contributed by atoms with Crippen molar-refractivity contribution in [3.8, 4) is 0 Å².